The number of carbonyl (C=O) groups is 2. The van der Waals surface area contributed by atoms with Gasteiger partial charge in [0.05, 0.1) is 24.4 Å². The summed E-state index contributed by atoms with van der Waals surface area (Å²) < 4.78 is 11.4. The van der Waals surface area contributed by atoms with E-state index in [0.29, 0.717) is 29.2 Å². The Morgan fingerprint density at radius 3 is 2.31 bits per heavy atom. The number of furan rings is 1. The average Bonchev–Trinajstić information content (AvgIpc) is 3.55. The summed E-state index contributed by atoms with van der Waals surface area (Å²) in [5, 5.41) is 11.4. The lowest BCUT2D eigenvalue weighted by Crippen LogP contribution is -2.29. The number of likely N-dealkylation sites (tertiary alicyclic amines) is 1. The fraction of sp³-hybridized carbons (Fsp3) is 0.188. The van der Waals surface area contributed by atoms with Crippen molar-refractivity contribution in [1.29, 1.82) is 0 Å². The van der Waals surface area contributed by atoms with Crippen molar-refractivity contribution >= 4 is 23.1 Å². The third-order valence-corrected chi connectivity index (χ3v) is 6.95. The molecular weight excluding hydrogens is 492 g/mol. The number of hydrogen-bond donors (Lipinski definition) is 1. The predicted molar refractivity (Wildman–Crippen MR) is 149 cm³/mol. The zero-order valence-corrected chi connectivity index (χ0v) is 22.1. The maximum absolute atomic E-state index is 13.3. The van der Waals surface area contributed by atoms with Crippen LogP contribution in [0.2, 0.25) is 0 Å². The second-order valence-electron chi connectivity index (χ2n) is 9.73. The molecule has 1 aliphatic rings. The number of Topliss-reactive ketones (excluding diaryl/α,β-unsaturated/α-hetero) is 1. The fourth-order valence-electron chi connectivity index (χ4n) is 4.71. The molecule has 2 heterocycles. The minimum absolute atomic E-state index is 0.0396. The van der Waals surface area contributed by atoms with Crippen molar-refractivity contribution in [2.75, 3.05) is 19.0 Å². The van der Waals surface area contributed by atoms with Crippen molar-refractivity contribution in [2.45, 2.75) is 26.1 Å². The standard InChI is InChI=1S/C32H30N2O5/c1-21-7-4-5-8-24(21)20-39-26-16-12-23(13-17-26)30(35)28-29(22-10-14-25(15-11-22)33(2)3)34(32(37)31(28)36)19-27-9-6-18-38-27/h4-18,29,35H,19-20H2,1-3H3/b30-28+. The molecule has 4 aromatic rings. The molecule has 1 aliphatic heterocycles. The lowest BCUT2D eigenvalue weighted by atomic mass is 9.95. The molecule has 1 saturated heterocycles. The van der Waals surface area contributed by atoms with Gasteiger partial charge in [-0.3, -0.25) is 9.59 Å². The van der Waals surface area contributed by atoms with Crippen LogP contribution >= 0.6 is 0 Å². The normalized spacial score (nSPS) is 16.5. The van der Waals surface area contributed by atoms with Crippen LogP contribution < -0.4 is 9.64 Å². The molecule has 0 saturated carbocycles. The van der Waals surface area contributed by atoms with Crippen LogP contribution in [0.4, 0.5) is 5.69 Å². The Bertz CT molecular complexity index is 1500. The number of aryl methyl sites for hydroxylation is 1. The van der Waals surface area contributed by atoms with Crippen molar-refractivity contribution in [2.24, 2.45) is 0 Å². The largest absolute Gasteiger partial charge is 0.507 e. The highest BCUT2D eigenvalue weighted by Crippen LogP contribution is 2.41. The summed E-state index contributed by atoms with van der Waals surface area (Å²) in [6.07, 6.45) is 1.52. The van der Waals surface area contributed by atoms with Crippen molar-refractivity contribution in [3.05, 3.63) is 125 Å². The summed E-state index contributed by atoms with van der Waals surface area (Å²) >= 11 is 0. The quantitative estimate of drug-likeness (QED) is 0.177. The van der Waals surface area contributed by atoms with Gasteiger partial charge in [0.1, 0.15) is 23.9 Å². The summed E-state index contributed by atoms with van der Waals surface area (Å²) in [6.45, 7) is 2.55. The Morgan fingerprint density at radius 2 is 1.67 bits per heavy atom. The molecule has 1 amide bonds. The first-order valence-corrected chi connectivity index (χ1v) is 12.7. The van der Waals surface area contributed by atoms with Crippen LogP contribution in [-0.2, 0) is 22.7 Å². The van der Waals surface area contributed by atoms with Gasteiger partial charge in [-0.25, -0.2) is 0 Å². The molecule has 0 bridgehead atoms. The van der Waals surface area contributed by atoms with Gasteiger partial charge >= 0.3 is 0 Å². The van der Waals surface area contributed by atoms with Gasteiger partial charge in [-0.1, -0.05) is 36.4 Å². The highest BCUT2D eigenvalue weighted by atomic mass is 16.5. The molecule has 3 aromatic carbocycles. The van der Waals surface area contributed by atoms with Crippen LogP contribution in [0.3, 0.4) is 0 Å². The molecule has 1 fully saturated rings. The molecule has 1 aromatic heterocycles. The van der Waals surface area contributed by atoms with Crippen LogP contribution in [0.5, 0.6) is 5.75 Å². The van der Waals surface area contributed by atoms with E-state index in [4.69, 9.17) is 9.15 Å². The Labute approximate surface area is 227 Å². The lowest BCUT2D eigenvalue weighted by molar-refractivity contribution is -0.140. The number of hydrogen-bond acceptors (Lipinski definition) is 6. The zero-order chi connectivity index (χ0) is 27.5. The van der Waals surface area contributed by atoms with Crippen LogP contribution in [0.25, 0.3) is 5.76 Å². The number of rotatable bonds is 8. The molecule has 0 spiro atoms. The van der Waals surface area contributed by atoms with Gasteiger partial charge in [0.15, 0.2) is 0 Å². The van der Waals surface area contributed by atoms with Crippen molar-refractivity contribution in [1.82, 2.24) is 4.90 Å². The summed E-state index contributed by atoms with van der Waals surface area (Å²) in [5.41, 5.74) is 4.38. The molecule has 39 heavy (non-hydrogen) atoms. The van der Waals surface area contributed by atoms with Gasteiger partial charge < -0.3 is 24.1 Å². The fourth-order valence-corrected chi connectivity index (χ4v) is 4.71. The zero-order valence-electron chi connectivity index (χ0n) is 22.1. The van der Waals surface area contributed by atoms with Crippen molar-refractivity contribution in [3.8, 4) is 5.75 Å². The molecule has 1 N–H and O–H groups in total. The first-order chi connectivity index (χ1) is 18.8. The number of benzene rings is 3. The number of anilines is 1. The lowest BCUT2D eigenvalue weighted by Gasteiger charge is -2.25. The van der Waals surface area contributed by atoms with E-state index in [1.165, 1.54) is 11.2 Å². The van der Waals surface area contributed by atoms with Crippen molar-refractivity contribution in [3.63, 3.8) is 0 Å². The van der Waals surface area contributed by atoms with Gasteiger partial charge in [-0.05, 0) is 72.1 Å². The van der Waals surface area contributed by atoms with E-state index in [0.717, 1.165) is 16.8 Å². The Hall–Kier alpha value is -4.78. The summed E-state index contributed by atoms with van der Waals surface area (Å²) in [7, 11) is 3.87. The van der Waals surface area contributed by atoms with Crippen molar-refractivity contribution < 1.29 is 23.8 Å². The molecule has 1 atom stereocenters. The maximum atomic E-state index is 13.3. The highest BCUT2D eigenvalue weighted by Gasteiger charge is 2.46. The second-order valence-corrected chi connectivity index (χ2v) is 9.73. The van der Waals surface area contributed by atoms with E-state index in [2.05, 4.69) is 0 Å². The molecule has 7 heteroatoms. The maximum Gasteiger partial charge on any atom is 0.296 e. The summed E-state index contributed by atoms with van der Waals surface area (Å²) in [6, 6.07) is 25.2. The number of aliphatic hydroxyl groups is 1. The van der Waals surface area contributed by atoms with Crippen LogP contribution in [0.1, 0.15) is 34.1 Å². The first-order valence-electron chi connectivity index (χ1n) is 12.7. The minimum Gasteiger partial charge on any atom is -0.507 e. The monoisotopic (exact) mass is 522 g/mol. The Morgan fingerprint density at radius 1 is 0.949 bits per heavy atom. The number of ketones is 1. The smallest absolute Gasteiger partial charge is 0.296 e. The SMILES string of the molecule is Cc1ccccc1COc1ccc(/C(O)=C2\C(=O)C(=O)N(Cc3ccco3)C2c2ccc(N(C)C)cc2)cc1. The summed E-state index contributed by atoms with van der Waals surface area (Å²) in [5.74, 6) is -0.485. The number of amides is 1. The highest BCUT2D eigenvalue weighted by molar-refractivity contribution is 6.46. The van der Waals surface area contributed by atoms with Gasteiger partial charge in [-0.15, -0.1) is 0 Å². The predicted octanol–water partition coefficient (Wildman–Crippen LogP) is 5.85. The van der Waals surface area contributed by atoms with Gasteiger partial charge in [-0.2, -0.15) is 0 Å². The number of carbonyl (C=O) groups excluding carboxylic acids is 2. The van der Waals surface area contributed by atoms with Crippen LogP contribution in [0, 0.1) is 6.92 Å². The molecular formula is C32H30N2O5. The molecule has 0 aliphatic carbocycles. The second kappa shape index (κ2) is 10.9. The van der Waals surface area contributed by atoms with E-state index in [1.807, 2.05) is 74.4 Å². The van der Waals surface area contributed by atoms with Crippen LogP contribution in [0.15, 0.2) is 101 Å². The number of nitrogens with zero attached hydrogens (tertiary/aromatic N) is 2. The molecule has 1 unspecified atom stereocenters. The molecule has 7 nitrogen and oxygen atoms in total. The Balaban J connectivity index is 1.48. The molecule has 198 valence electrons. The third kappa shape index (κ3) is 5.29. The molecule has 0 radical (unpaired) electrons. The first kappa shape index (κ1) is 25.9. The Kier molecular flexibility index (Phi) is 7.23. The third-order valence-electron chi connectivity index (χ3n) is 6.95. The van der Waals surface area contributed by atoms with E-state index < -0.39 is 17.7 Å². The van der Waals surface area contributed by atoms with Gasteiger partial charge in [0.2, 0.25) is 0 Å². The van der Waals surface area contributed by atoms with E-state index in [9.17, 15) is 14.7 Å². The van der Waals surface area contributed by atoms with Gasteiger partial charge in [0, 0.05) is 25.3 Å². The number of aliphatic hydroxyl groups excluding tert-OH is 1. The van der Waals surface area contributed by atoms with Gasteiger partial charge in [0.25, 0.3) is 11.7 Å². The minimum atomic E-state index is -0.775. The van der Waals surface area contributed by atoms with Crippen LogP contribution in [-0.4, -0.2) is 35.8 Å². The topological polar surface area (TPSA) is 83.2 Å². The van der Waals surface area contributed by atoms with E-state index >= 15 is 0 Å². The molecule has 5 rings (SSSR count). The average molecular weight is 523 g/mol. The van der Waals surface area contributed by atoms with E-state index in [1.54, 1.807) is 36.4 Å². The summed E-state index contributed by atoms with van der Waals surface area (Å²) in [4.78, 5) is 29.9. The number of ether oxygens (including phenoxy) is 1. The van der Waals surface area contributed by atoms with E-state index in [-0.39, 0.29) is 17.9 Å².